The number of hydrogen-bond acceptors (Lipinski definition) is 0. The minimum Gasteiger partial charge on any atom is -0.100 e. The molecule has 0 saturated carbocycles. The molecule has 0 aliphatic carbocycles. The summed E-state index contributed by atoms with van der Waals surface area (Å²) in [7, 11) is 0. The zero-order valence-electron chi connectivity index (χ0n) is 22.3. The number of hydrogen-bond donors (Lipinski definition) is 0. The first-order chi connectivity index (χ1) is 13.5. The summed E-state index contributed by atoms with van der Waals surface area (Å²) in [5.74, 6) is 1.26. The maximum Gasteiger partial charge on any atom is -0.0120 e. The van der Waals surface area contributed by atoms with Gasteiger partial charge in [0.25, 0.3) is 0 Å². The maximum absolute atomic E-state index is 4.11. The summed E-state index contributed by atoms with van der Waals surface area (Å²) in [5.41, 5.74) is 5.07. The van der Waals surface area contributed by atoms with Crippen LogP contribution in [0.4, 0.5) is 0 Å². The molecule has 0 saturated heterocycles. The van der Waals surface area contributed by atoms with Gasteiger partial charge in [-0.15, -0.1) is 6.58 Å². The van der Waals surface area contributed by atoms with Gasteiger partial charge in [0.2, 0.25) is 0 Å². The van der Waals surface area contributed by atoms with Crippen LogP contribution in [0.15, 0.2) is 54.6 Å². The number of allylic oxidation sites excluding steroid dienone is 2. The Labute approximate surface area is 190 Å². The van der Waals surface area contributed by atoms with Gasteiger partial charge in [0.1, 0.15) is 0 Å². The van der Waals surface area contributed by atoms with E-state index in [2.05, 4.69) is 120 Å². The average Bonchev–Trinajstić information content (AvgIpc) is 2.57. The predicted octanol–water partition coefficient (Wildman–Crippen LogP) is 10.2. The molecule has 0 heteroatoms. The van der Waals surface area contributed by atoms with Crippen LogP contribution < -0.4 is 0 Å². The van der Waals surface area contributed by atoms with Crippen molar-refractivity contribution in [3.05, 3.63) is 60.2 Å². The van der Waals surface area contributed by atoms with Gasteiger partial charge in [0.05, 0.1) is 0 Å². The van der Waals surface area contributed by atoms with Crippen molar-refractivity contribution in [3.8, 4) is 0 Å². The molecule has 0 aromatic heterocycles. The summed E-state index contributed by atoms with van der Waals surface area (Å²) in [6, 6.07) is 10.9. The van der Waals surface area contributed by atoms with Gasteiger partial charge in [-0.05, 0) is 66.8 Å². The van der Waals surface area contributed by atoms with Crippen LogP contribution in [-0.2, 0) is 0 Å². The molecule has 30 heavy (non-hydrogen) atoms. The molecule has 0 heterocycles. The fraction of sp³-hybridized carbons (Fsp3) is 0.667. The molecule has 172 valence electrons. The van der Waals surface area contributed by atoms with Crippen LogP contribution in [0, 0.1) is 22.2 Å². The lowest BCUT2D eigenvalue weighted by Gasteiger charge is -2.41. The highest BCUT2D eigenvalue weighted by atomic mass is 14.4. The molecule has 1 aromatic rings. The average molecular weight is 413 g/mol. The van der Waals surface area contributed by atoms with Gasteiger partial charge in [-0.2, -0.15) is 0 Å². The Balaban J connectivity index is 0.000000654. The molecule has 0 radical (unpaired) electrons. The molecule has 0 spiro atoms. The number of benzene rings is 1. The normalized spacial score (nSPS) is 14.4. The van der Waals surface area contributed by atoms with Crippen molar-refractivity contribution >= 4 is 0 Å². The topological polar surface area (TPSA) is 0 Å². The maximum atomic E-state index is 4.11. The van der Waals surface area contributed by atoms with Crippen molar-refractivity contribution in [3.63, 3.8) is 0 Å². The van der Waals surface area contributed by atoms with Crippen LogP contribution in [0.3, 0.4) is 0 Å². The van der Waals surface area contributed by atoms with Gasteiger partial charge in [-0.1, -0.05) is 117 Å². The predicted molar refractivity (Wildman–Crippen MR) is 139 cm³/mol. The summed E-state index contributed by atoms with van der Waals surface area (Å²) in [6.07, 6.45) is 4.82. The SMILES string of the molecule is C=C(C)C(CCC)C(C)(C)C.C=C(C)CC(CC(C)(C)C(C)(C)C)c1ccccc1. The Morgan fingerprint density at radius 2 is 1.37 bits per heavy atom. The van der Waals surface area contributed by atoms with Gasteiger partial charge < -0.3 is 0 Å². The fourth-order valence-electron chi connectivity index (χ4n) is 4.08. The molecule has 1 rings (SSSR count). The smallest absolute Gasteiger partial charge is 0.0120 e. The highest BCUT2D eigenvalue weighted by Crippen LogP contribution is 2.46. The molecule has 0 amide bonds. The van der Waals surface area contributed by atoms with Gasteiger partial charge in [-0.25, -0.2) is 0 Å². The van der Waals surface area contributed by atoms with Crippen LogP contribution in [0.2, 0.25) is 0 Å². The molecule has 2 atom stereocenters. The lowest BCUT2D eigenvalue weighted by molar-refractivity contribution is 0.109. The van der Waals surface area contributed by atoms with E-state index in [-0.39, 0.29) is 0 Å². The summed E-state index contributed by atoms with van der Waals surface area (Å²) in [4.78, 5) is 0. The second-order valence-electron chi connectivity index (χ2n) is 12.2. The van der Waals surface area contributed by atoms with Crippen LogP contribution in [-0.4, -0.2) is 0 Å². The summed E-state index contributed by atoms with van der Waals surface area (Å²) in [6.45, 7) is 33.4. The Morgan fingerprint density at radius 1 is 0.867 bits per heavy atom. The third kappa shape index (κ3) is 10.1. The van der Waals surface area contributed by atoms with E-state index >= 15 is 0 Å². The Hall–Kier alpha value is -1.30. The molecular weight excluding hydrogens is 360 g/mol. The van der Waals surface area contributed by atoms with E-state index in [4.69, 9.17) is 0 Å². The zero-order chi connectivity index (χ0) is 23.8. The molecule has 0 nitrogen and oxygen atoms in total. The summed E-state index contributed by atoms with van der Waals surface area (Å²) >= 11 is 0. The van der Waals surface area contributed by atoms with Gasteiger partial charge in [-0.3, -0.25) is 0 Å². The number of rotatable bonds is 8. The lowest BCUT2D eigenvalue weighted by Crippen LogP contribution is -2.31. The largest absolute Gasteiger partial charge is 0.100 e. The quantitative estimate of drug-likeness (QED) is 0.372. The molecule has 0 N–H and O–H groups in total. The molecule has 2 unspecified atom stereocenters. The highest BCUT2D eigenvalue weighted by molar-refractivity contribution is 5.21. The van der Waals surface area contributed by atoms with Crippen molar-refractivity contribution in [2.24, 2.45) is 22.2 Å². The van der Waals surface area contributed by atoms with Crippen molar-refractivity contribution in [1.29, 1.82) is 0 Å². The second kappa shape index (κ2) is 11.9. The van der Waals surface area contributed by atoms with E-state index in [0.29, 0.717) is 28.1 Å². The minimum absolute atomic E-state index is 0.308. The first-order valence-electron chi connectivity index (χ1n) is 11.9. The molecule has 1 aromatic carbocycles. The van der Waals surface area contributed by atoms with Crippen LogP contribution in [0.25, 0.3) is 0 Å². The summed E-state index contributed by atoms with van der Waals surface area (Å²) < 4.78 is 0. The highest BCUT2D eigenvalue weighted by Gasteiger charge is 2.35. The van der Waals surface area contributed by atoms with E-state index in [0.717, 1.165) is 6.42 Å². The van der Waals surface area contributed by atoms with Gasteiger partial charge in [0, 0.05) is 0 Å². The molecule has 0 aliphatic rings. The molecule has 0 bridgehead atoms. The van der Waals surface area contributed by atoms with Gasteiger partial charge in [0.15, 0.2) is 0 Å². The van der Waals surface area contributed by atoms with Crippen LogP contribution in [0.5, 0.6) is 0 Å². The third-order valence-electron chi connectivity index (χ3n) is 6.87. The van der Waals surface area contributed by atoms with E-state index in [1.165, 1.54) is 36.0 Å². The van der Waals surface area contributed by atoms with Crippen molar-refractivity contribution < 1.29 is 0 Å². The van der Waals surface area contributed by atoms with Crippen molar-refractivity contribution in [2.75, 3.05) is 0 Å². The van der Waals surface area contributed by atoms with Crippen molar-refractivity contribution in [2.45, 2.75) is 108 Å². The van der Waals surface area contributed by atoms with E-state index < -0.39 is 0 Å². The third-order valence-corrected chi connectivity index (χ3v) is 6.87. The first kappa shape index (κ1) is 28.7. The van der Waals surface area contributed by atoms with Crippen molar-refractivity contribution in [1.82, 2.24) is 0 Å². The first-order valence-corrected chi connectivity index (χ1v) is 11.9. The van der Waals surface area contributed by atoms with Crippen LogP contribution in [0.1, 0.15) is 113 Å². The van der Waals surface area contributed by atoms with E-state index in [1.54, 1.807) is 0 Å². The summed E-state index contributed by atoms with van der Waals surface area (Å²) in [5, 5.41) is 0. The standard InChI is InChI=1S/C19H30.C11H22/c1-15(2)13-17(16-11-9-8-10-12-16)14-19(6,7)18(3,4)5;1-7-8-10(9(2)3)11(4,5)6/h8-12,17H,1,13-14H2,2-7H3;10H,2,7-8H2,1,3-6H3. The monoisotopic (exact) mass is 412 g/mol. The Bertz CT molecular complexity index is 631. The molecule has 0 fully saturated rings. The molecule has 0 aliphatic heterocycles. The van der Waals surface area contributed by atoms with Crippen LogP contribution >= 0.6 is 0 Å². The molecular formula is C30H52. The minimum atomic E-state index is 0.308. The lowest BCUT2D eigenvalue weighted by atomic mass is 9.64. The van der Waals surface area contributed by atoms with Gasteiger partial charge >= 0.3 is 0 Å². The van der Waals surface area contributed by atoms with E-state index in [9.17, 15) is 0 Å². The fourth-order valence-corrected chi connectivity index (χ4v) is 4.08. The zero-order valence-corrected chi connectivity index (χ0v) is 22.3. The Kier molecular flexibility index (Phi) is 11.4. The Morgan fingerprint density at radius 3 is 1.67 bits per heavy atom. The van der Waals surface area contributed by atoms with E-state index in [1.807, 2.05) is 0 Å². The second-order valence-corrected chi connectivity index (χ2v) is 12.2.